The Balaban J connectivity index is 1.81. The second-order valence-electron chi connectivity index (χ2n) is 7.68. The van der Waals surface area contributed by atoms with E-state index in [2.05, 4.69) is 42.0 Å². The molecule has 1 fully saturated rings. The van der Waals surface area contributed by atoms with Crippen molar-refractivity contribution in [3.8, 4) is 0 Å². The van der Waals surface area contributed by atoms with Crippen LogP contribution < -0.4 is 16.0 Å². The first-order valence-corrected chi connectivity index (χ1v) is 10.5. The summed E-state index contributed by atoms with van der Waals surface area (Å²) in [6.07, 6.45) is 4.69. The molecule has 31 heavy (non-hydrogen) atoms. The molecule has 1 aromatic heterocycles. The van der Waals surface area contributed by atoms with Crippen molar-refractivity contribution < 1.29 is 0 Å². The topological polar surface area (TPSA) is 128 Å². The number of hydrogen-bond donors (Lipinski definition) is 6. The molecule has 2 heterocycles. The Morgan fingerprint density at radius 1 is 1.26 bits per heavy atom. The largest absolute Gasteiger partial charge is 0.387 e. The Morgan fingerprint density at radius 2 is 2.06 bits per heavy atom. The Hall–Kier alpha value is -3.30. The van der Waals surface area contributed by atoms with Crippen LogP contribution in [-0.2, 0) is 6.54 Å². The number of hydrogen-bond acceptors (Lipinski definition) is 6. The maximum atomic E-state index is 7.52. The number of benzene rings is 1. The number of amidine groups is 1. The molecule has 0 amide bonds. The molecule has 0 atom stereocenters. The van der Waals surface area contributed by atoms with Crippen LogP contribution in [0, 0.1) is 10.9 Å². The highest BCUT2D eigenvalue weighted by molar-refractivity contribution is 6.10. The number of anilines is 1. The number of aromatic amines is 1. The van der Waals surface area contributed by atoms with Gasteiger partial charge in [-0.3, -0.25) is 10.3 Å². The molecule has 9 heteroatoms. The smallest absolute Gasteiger partial charge is 0.156 e. The average molecular weight is 422 g/mol. The third kappa shape index (κ3) is 6.34. The zero-order chi connectivity index (χ0) is 22.1. The van der Waals surface area contributed by atoms with E-state index in [9.17, 15) is 0 Å². The number of nitrogens with zero attached hydrogens (tertiary/aromatic N) is 3. The van der Waals surface area contributed by atoms with E-state index >= 15 is 0 Å². The molecule has 2 aromatic rings. The minimum atomic E-state index is 0.256. The van der Waals surface area contributed by atoms with E-state index < -0.39 is 0 Å². The molecule has 3 rings (SSSR count). The highest BCUT2D eigenvalue weighted by Gasteiger charge is 2.16. The fraction of sp³-hybridized carbons (Fsp3) is 0.364. The zero-order valence-corrected chi connectivity index (χ0v) is 18.1. The van der Waals surface area contributed by atoms with Gasteiger partial charge in [-0.1, -0.05) is 12.1 Å². The number of aromatic nitrogens is 1. The van der Waals surface area contributed by atoms with Crippen molar-refractivity contribution in [3.05, 3.63) is 59.5 Å². The molecule has 0 radical (unpaired) electrons. The summed E-state index contributed by atoms with van der Waals surface area (Å²) in [7, 11) is 0. The number of piperazine rings is 1. The zero-order valence-electron chi connectivity index (χ0n) is 18.1. The second kappa shape index (κ2) is 11.2. The lowest BCUT2D eigenvalue weighted by Crippen LogP contribution is -2.43. The summed E-state index contributed by atoms with van der Waals surface area (Å²) in [6, 6.07) is 9.99. The van der Waals surface area contributed by atoms with E-state index in [0.717, 1.165) is 61.6 Å². The number of H-pyrrole nitrogens is 1. The summed E-state index contributed by atoms with van der Waals surface area (Å²) < 4.78 is 0. The van der Waals surface area contributed by atoms with E-state index in [-0.39, 0.29) is 6.04 Å². The van der Waals surface area contributed by atoms with Gasteiger partial charge < -0.3 is 20.9 Å². The van der Waals surface area contributed by atoms with Gasteiger partial charge >= 0.3 is 0 Å². The molecule has 1 aliphatic rings. The van der Waals surface area contributed by atoms with Gasteiger partial charge in [-0.25, -0.2) is 10.5 Å². The molecule has 1 saturated heterocycles. The normalized spacial score (nSPS) is 15.7. The molecule has 0 saturated carbocycles. The van der Waals surface area contributed by atoms with Crippen LogP contribution in [0.5, 0.6) is 0 Å². The molecule has 0 aliphatic carbocycles. The fourth-order valence-corrected chi connectivity index (χ4v) is 3.41. The molecule has 0 bridgehead atoms. The lowest BCUT2D eigenvalue weighted by molar-refractivity contribution is 0.233. The van der Waals surface area contributed by atoms with Gasteiger partial charge in [0.25, 0.3) is 0 Å². The summed E-state index contributed by atoms with van der Waals surface area (Å²) in [6.45, 7) is 8.89. The Kier molecular flexibility index (Phi) is 8.08. The average Bonchev–Trinajstić information content (AvgIpc) is 3.23. The van der Waals surface area contributed by atoms with Crippen LogP contribution in [-0.4, -0.2) is 54.3 Å². The minimum absolute atomic E-state index is 0.256. The highest BCUT2D eigenvalue weighted by Crippen LogP contribution is 2.21. The van der Waals surface area contributed by atoms with Crippen LogP contribution >= 0.6 is 0 Å². The molecular formula is C22H31N9. The van der Waals surface area contributed by atoms with Gasteiger partial charge in [0.1, 0.15) is 12.0 Å². The van der Waals surface area contributed by atoms with Crippen LogP contribution in [0.2, 0.25) is 0 Å². The van der Waals surface area contributed by atoms with Gasteiger partial charge in [0.15, 0.2) is 5.84 Å². The maximum absolute atomic E-state index is 7.52. The van der Waals surface area contributed by atoms with Gasteiger partial charge in [0.05, 0.1) is 5.69 Å². The van der Waals surface area contributed by atoms with Gasteiger partial charge in [0.2, 0.25) is 0 Å². The molecule has 9 nitrogen and oxygen atoms in total. The van der Waals surface area contributed by atoms with Crippen molar-refractivity contribution in [2.45, 2.75) is 26.4 Å². The van der Waals surface area contributed by atoms with E-state index in [4.69, 9.17) is 10.9 Å². The van der Waals surface area contributed by atoms with Gasteiger partial charge in [-0.2, -0.15) is 5.11 Å². The van der Waals surface area contributed by atoms with Gasteiger partial charge in [0, 0.05) is 62.4 Å². The van der Waals surface area contributed by atoms with E-state index in [1.165, 1.54) is 0 Å². The van der Waals surface area contributed by atoms with Crippen LogP contribution in [0.1, 0.15) is 30.7 Å². The van der Waals surface area contributed by atoms with Crippen molar-refractivity contribution in [3.63, 3.8) is 0 Å². The molecule has 6 N–H and O–H groups in total. The molecule has 164 valence electrons. The third-order valence-electron chi connectivity index (χ3n) is 4.96. The monoisotopic (exact) mass is 421 g/mol. The predicted octanol–water partition coefficient (Wildman–Crippen LogP) is 3.21. The fourth-order valence-electron chi connectivity index (χ4n) is 3.41. The Morgan fingerprint density at radius 3 is 2.77 bits per heavy atom. The van der Waals surface area contributed by atoms with E-state index in [0.29, 0.717) is 11.5 Å². The van der Waals surface area contributed by atoms with Crippen molar-refractivity contribution in [1.29, 1.82) is 10.9 Å². The predicted molar refractivity (Wildman–Crippen MR) is 126 cm³/mol. The van der Waals surface area contributed by atoms with Crippen molar-refractivity contribution in [2.24, 2.45) is 10.1 Å². The molecule has 0 spiro atoms. The lowest BCUT2D eigenvalue weighted by Gasteiger charge is -2.27. The summed E-state index contributed by atoms with van der Waals surface area (Å²) in [5, 5.41) is 21.1. The molecular weight excluding hydrogens is 390 g/mol. The quantitative estimate of drug-likeness (QED) is 0.211. The number of nitrogens with one attached hydrogen (secondary N) is 6. The number of aliphatic imine (C=N–C) groups is 1. The lowest BCUT2D eigenvalue weighted by atomic mass is 10.1. The first kappa shape index (κ1) is 22.4. The Labute approximate surface area is 183 Å². The summed E-state index contributed by atoms with van der Waals surface area (Å²) in [4.78, 5) is 9.94. The summed E-state index contributed by atoms with van der Waals surface area (Å²) >= 11 is 0. The highest BCUT2D eigenvalue weighted by atomic mass is 15.2. The molecule has 1 aromatic carbocycles. The van der Waals surface area contributed by atoms with Crippen LogP contribution in [0.15, 0.2) is 52.8 Å². The van der Waals surface area contributed by atoms with Crippen LogP contribution in [0.4, 0.5) is 5.69 Å². The Bertz CT molecular complexity index is 936. The molecule has 0 unspecified atom stereocenters. The first-order valence-electron chi connectivity index (χ1n) is 10.5. The standard InChI is InChI=1S/C22H31N9/c1-16(2)27-13-20(30-24)17-4-3-5-19(12-17)29-22(28-15-23)21-18(6-7-26-21)14-31-10-8-25-9-11-31/h3-7,12-13,15-16,24-27H,8-11,14H2,1-2H3,(H2,23,28,29)/b20-13-,30-24?. The number of rotatable bonds is 9. The van der Waals surface area contributed by atoms with Crippen LogP contribution in [0.25, 0.3) is 5.70 Å². The van der Waals surface area contributed by atoms with Crippen molar-refractivity contribution >= 4 is 23.6 Å². The van der Waals surface area contributed by atoms with E-state index in [1.807, 2.05) is 44.3 Å². The molecule has 1 aliphatic heterocycles. The maximum Gasteiger partial charge on any atom is 0.156 e. The SMILES string of the molecule is CC(C)N/C=C(\N=N)c1cccc(N/C(=N/C=N)c2[nH]ccc2CN2CCNCC2)c1. The van der Waals surface area contributed by atoms with Crippen LogP contribution in [0.3, 0.4) is 0 Å². The first-order chi connectivity index (χ1) is 15.1. The van der Waals surface area contributed by atoms with Gasteiger partial charge in [-0.15, -0.1) is 0 Å². The van der Waals surface area contributed by atoms with Crippen molar-refractivity contribution in [1.82, 2.24) is 20.5 Å². The summed E-state index contributed by atoms with van der Waals surface area (Å²) in [5.74, 6) is 0.580. The van der Waals surface area contributed by atoms with Gasteiger partial charge in [-0.05, 0) is 37.6 Å². The second-order valence-corrected chi connectivity index (χ2v) is 7.68. The summed E-state index contributed by atoms with van der Waals surface area (Å²) in [5.41, 5.74) is 11.7. The van der Waals surface area contributed by atoms with E-state index in [1.54, 1.807) is 6.20 Å². The van der Waals surface area contributed by atoms with Crippen molar-refractivity contribution in [2.75, 3.05) is 31.5 Å². The third-order valence-corrected chi connectivity index (χ3v) is 4.96. The minimum Gasteiger partial charge on any atom is -0.387 e.